The van der Waals surface area contributed by atoms with Crippen molar-refractivity contribution in [1.29, 1.82) is 0 Å². The highest BCUT2D eigenvalue weighted by molar-refractivity contribution is 9.11. The minimum absolute atomic E-state index is 0.204. The van der Waals surface area contributed by atoms with E-state index in [-0.39, 0.29) is 5.41 Å². The Hall–Kier alpha value is 0.1000. The molecular formula is C12H18BrNOS. The Kier molecular flexibility index (Phi) is 4.41. The van der Waals surface area contributed by atoms with Crippen molar-refractivity contribution in [2.75, 3.05) is 19.7 Å². The third-order valence-corrected chi connectivity index (χ3v) is 5.11. The summed E-state index contributed by atoms with van der Waals surface area (Å²) in [5.41, 5.74) is 0.204. The van der Waals surface area contributed by atoms with Gasteiger partial charge in [0.15, 0.2) is 0 Å². The first kappa shape index (κ1) is 12.6. The van der Waals surface area contributed by atoms with Crippen molar-refractivity contribution < 1.29 is 5.11 Å². The molecule has 0 aromatic carbocycles. The first-order chi connectivity index (χ1) is 7.74. The fourth-order valence-electron chi connectivity index (χ4n) is 2.12. The van der Waals surface area contributed by atoms with Crippen LogP contribution in [-0.4, -0.2) is 24.8 Å². The predicted molar refractivity (Wildman–Crippen MR) is 72.0 cm³/mol. The second-order valence-electron chi connectivity index (χ2n) is 4.64. The Bertz CT molecular complexity index is 330. The fraction of sp³-hybridized carbons (Fsp3) is 0.667. The van der Waals surface area contributed by atoms with Crippen LogP contribution >= 0.6 is 27.3 Å². The molecule has 1 fully saturated rings. The summed E-state index contributed by atoms with van der Waals surface area (Å²) in [5.74, 6) is 0. The predicted octanol–water partition coefficient (Wildman–Crippen LogP) is 2.81. The van der Waals surface area contributed by atoms with E-state index < -0.39 is 0 Å². The molecule has 0 bridgehead atoms. The Morgan fingerprint density at radius 1 is 1.44 bits per heavy atom. The second kappa shape index (κ2) is 5.63. The number of nitrogens with one attached hydrogen (secondary N) is 1. The number of rotatable bonds is 6. The first-order valence-electron chi connectivity index (χ1n) is 5.80. The maximum absolute atomic E-state index is 9.31. The van der Waals surface area contributed by atoms with Crippen LogP contribution in [0.4, 0.5) is 0 Å². The Labute approximate surface area is 109 Å². The Morgan fingerprint density at radius 3 is 2.75 bits per heavy atom. The topological polar surface area (TPSA) is 32.3 Å². The zero-order valence-corrected chi connectivity index (χ0v) is 11.7. The zero-order chi connectivity index (χ0) is 11.4. The molecule has 90 valence electrons. The fourth-order valence-corrected chi connectivity index (χ4v) is 3.60. The summed E-state index contributed by atoms with van der Waals surface area (Å²) in [6, 6.07) is 4.27. The molecule has 1 aromatic heterocycles. The van der Waals surface area contributed by atoms with Crippen LogP contribution in [0.2, 0.25) is 0 Å². The number of hydrogen-bond acceptors (Lipinski definition) is 3. The SMILES string of the molecule is OCC1(CNCCc2ccc(Br)s2)CCC1. The molecule has 0 saturated heterocycles. The van der Waals surface area contributed by atoms with E-state index in [0.29, 0.717) is 6.61 Å². The number of halogens is 1. The van der Waals surface area contributed by atoms with Gasteiger partial charge in [-0.1, -0.05) is 6.42 Å². The van der Waals surface area contributed by atoms with Crippen LogP contribution in [0, 0.1) is 5.41 Å². The van der Waals surface area contributed by atoms with E-state index in [0.717, 1.165) is 19.5 Å². The van der Waals surface area contributed by atoms with Gasteiger partial charge < -0.3 is 10.4 Å². The maximum atomic E-state index is 9.31. The molecular weight excluding hydrogens is 286 g/mol. The minimum atomic E-state index is 0.204. The summed E-state index contributed by atoms with van der Waals surface area (Å²) in [6.45, 7) is 2.31. The van der Waals surface area contributed by atoms with Gasteiger partial charge in [-0.3, -0.25) is 0 Å². The van der Waals surface area contributed by atoms with Gasteiger partial charge in [0.2, 0.25) is 0 Å². The molecule has 0 radical (unpaired) electrons. The zero-order valence-electron chi connectivity index (χ0n) is 9.34. The average Bonchev–Trinajstić information content (AvgIpc) is 2.62. The standard InChI is InChI=1S/C12H18BrNOS/c13-11-3-2-10(16-11)4-7-14-8-12(9-15)5-1-6-12/h2-3,14-15H,1,4-9H2. The van der Waals surface area contributed by atoms with Crippen LogP contribution in [0.15, 0.2) is 15.9 Å². The highest BCUT2D eigenvalue weighted by atomic mass is 79.9. The van der Waals surface area contributed by atoms with Crippen molar-refractivity contribution >= 4 is 27.3 Å². The van der Waals surface area contributed by atoms with Gasteiger partial charge >= 0.3 is 0 Å². The van der Waals surface area contributed by atoms with Crippen LogP contribution in [-0.2, 0) is 6.42 Å². The lowest BCUT2D eigenvalue weighted by atomic mass is 9.69. The molecule has 0 unspecified atom stereocenters. The van der Waals surface area contributed by atoms with Crippen molar-refractivity contribution in [2.24, 2.45) is 5.41 Å². The Morgan fingerprint density at radius 2 is 2.25 bits per heavy atom. The van der Waals surface area contributed by atoms with Gasteiger partial charge in [-0.25, -0.2) is 0 Å². The van der Waals surface area contributed by atoms with Gasteiger partial charge in [-0.05, 0) is 53.9 Å². The van der Waals surface area contributed by atoms with Crippen LogP contribution in [0.1, 0.15) is 24.1 Å². The number of aliphatic hydroxyl groups excluding tert-OH is 1. The molecule has 4 heteroatoms. The van der Waals surface area contributed by atoms with Gasteiger partial charge in [0, 0.05) is 23.4 Å². The van der Waals surface area contributed by atoms with E-state index in [1.54, 1.807) is 11.3 Å². The van der Waals surface area contributed by atoms with Gasteiger partial charge in [-0.2, -0.15) is 0 Å². The molecule has 2 rings (SSSR count). The molecule has 1 aliphatic rings. The summed E-state index contributed by atoms with van der Waals surface area (Å²) in [4.78, 5) is 1.41. The summed E-state index contributed by atoms with van der Waals surface area (Å²) in [6.07, 6.45) is 4.72. The highest BCUT2D eigenvalue weighted by Gasteiger charge is 2.35. The molecule has 0 spiro atoms. The van der Waals surface area contributed by atoms with E-state index in [2.05, 4.69) is 33.4 Å². The monoisotopic (exact) mass is 303 g/mol. The number of hydrogen-bond donors (Lipinski definition) is 2. The van der Waals surface area contributed by atoms with E-state index in [1.165, 1.54) is 27.9 Å². The summed E-state index contributed by atoms with van der Waals surface area (Å²) in [7, 11) is 0. The van der Waals surface area contributed by atoms with E-state index in [1.807, 2.05) is 0 Å². The number of aliphatic hydroxyl groups is 1. The molecule has 16 heavy (non-hydrogen) atoms. The molecule has 0 atom stereocenters. The van der Waals surface area contributed by atoms with E-state index >= 15 is 0 Å². The third kappa shape index (κ3) is 3.06. The average molecular weight is 304 g/mol. The Balaban J connectivity index is 1.65. The number of thiophene rings is 1. The van der Waals surface area contributed by atoms with Crippen LogP contribution < -0.4 is 5.32 Å². The summed E-state index contributed by atoms with van der Waals surface area (Å²) in [5, 5.41) is 12.8. The van der Waals surface area contributed by atoms with Crippen molar-refractivity contribution in [2.45, 2.75) is 25.7 Å². The van der Waals surface area contributed by atoms with Gasteiger partial charge in [0.05, 0.1) is 3.79 Å². The van der Waals surface area contributed by atoms with Crippen LogP contribution in [0.25, 0.3) is 0 Å². The van der Waals surface area contributed by atoms with Gasteiger partial charge in [0.25, 0.3) is 0 Å². The molecule has 2 nitrogen and oxygen atoms in total. The first-order valence-corrected chi connectivity index (χ1v) is 7.41. The molecule has 2 N–H and O–H groups in total. The summed E-state index contributed by atoms with van der Waals surface area (Å²) >= 11 is 5.27. The van der Waals surface area contributed by atoms with Crippen LogP contribution in [0.5, 0.6) is 0 Å². The highest BCUT2D eigenvalue weighted by Crippen LogP contribution is 2.39. The quantitative estimate of drug-likeness (QED) is 0.792. The lowest BCUT2D eigenvalue weighted by Crippen LogP contribution is -2.43. The van der Waals surface area contributed by atoms with E-state index in [4.69, 9.17) is 0 Å². The minimum Gasteiger partial charge on any atom is -0.396 e. The molecule has 1 heterocycles. The molecule has 1 aromatic rings. The van der Waals surface area contributed by atoms with Crippen molar-refractivity contribution in [1.82, 2.24) is 5.32 Å². The van der Waals surface area contributed by atoms with E-state index in [9.17, 15) is 5.11 Å². The lowest BCUT2D eigenvalue weighted by Gasteiger charge is -2.40. The smallest absolute Gasteiger partial charge is 0.0701 e. The molecule has 1 aliphatic carbocycles. The summed E-state index contributed by atoms with van der Waals surface area (Å²) < 4.78 is 1.20. The largest absolute Gasteiger partial charge is 0.396 e. The van der Waals surface area contributed by atoms with Gasteiger partial charge in [-0.15, -0.1) is 11.3 Å². The molecule has 0 amide bonds. The molecule has 0 aliphatic heterocycles. The lowest BCUT2D eigenvalue weighted by molar-refractivity contribution is 0.0451. The van der Waals surface area contributed by atoms with Gasteiger partial charge in [0.1, 0.15) is 0 Å². The normalized spacial score (nSPS) is 18.4. The maximum Gasteiger partial charge on any atom is 0.0701 e. The second-order valence-corrected chi connectivity index (χ2v) is 7.19. The van der Waals surface area contributed by atoms with Crippen LogP contribution in [0.3, 0.4) is 0 Å². The molecule has 1 saturated carbocycles. The third-order valence-electron chi connectivity index (χ3n) is 3.43. The van der Waals surface area contributed by atoms with Crippen molar-refractivity contribution in [3.05, 3.63) is 20.8 Å². The van der Waals surface area contributed by atoms with Crippen molar-refractivity contribution in [3.8, 4) is 0 Å². The van der Waals surface area contributed by atoms with Crippen molar-refractivity contribution in [3.63, 3.8) is 0 Å².